The molecule has 1 rings (SSSR count). The Kier molecular flexibility index (Phi) is 4.52. The Morgan fingerprint density at radius 2 is 2.50 bits per heavy atom. The van der Waals surface area contributed by atoms with Gasteiger partial charge in [0.1, 0.15) is 5.92 Å². The maximum absolute atomic E-state index is 11.9. The van der Waals surface area contributed by atoms with Gasteiger partial charge in [-0.1, -0.05) is 13.3 Å². The average molecular weight is 220 g/mol. The Bertz CT molecular complexity index is 366. The van der Waals surface area contributed by atoms with Gasteiger partial charge in [-0.15, -0.1) is 0 Å². The van der Waals surface area contributed by atoms with Crippen LogP contribution < -0.4 is 0 Å². The fraction of sp³-hybridized carbons (Fsp3) is 0.545. The molecule has 0 bridgehead atoms. The lowest BCUT2D eigenvalue weighted by Gasteiger charge is -2.18. The lowest BCUT2D eigenvalue weighted by Crippen LogP contribution is -2.31. The summed E-state index contributed by atoms with van der Waals surface area (Å²) in [6.07, 6.45) is 4.87. The van der Waals surface area contributed by atoms with Crippen LogP contribution in [0.15, 0.2) is 12.4 Å². The maximum atomic E-state index is 11.9. The monoisotopic (exact) mass is 220 g/mol. The molecule has 0 saturated carbocycles. The summed E-state index contributed by atoms with van der Waals surface area (Å²) in [4.78, 5) is 13.4. The third-order valence-corrected chi connectivity index (χ3v) is 2.38. The first-order chi connectivity index (χ1) is 7.69. The largest absolute Gasteiger partial charge is 0.340 e. The van der Waals surface area contributed by atoms with Gasteiger partial charge in [-0.3, -0.25) is 9.89 Å². The summed E-state index contributed by atoms with van der Waals surface area (Å²) in [7, 11) is 1.70. The minimum atomic E-state index is -0.526. The molecule has 0 aromatic carbocycles. The molecule has 86 valence electrons. The lowest BCUT2D eigenvalue weighted by atomic mass is 10.0. The van der Waals surface area contributed by atoms with Gasteiger partial charge in [0.15, 0.2) is 0 Å². The quantitative estimate of drug-likeness (QED) is 0.813. The minimum Gasteiger partial charge on any atom is -0.340 e. The number of nitriles is 1. The zero-order chi connectivity index (χ0) is 12.0. The SMILES string of the molecule is CCCC(C#N)C(=O)N(C)Cc1cn[nH]c1. The van der Waals surface area contributed by atoms with Gasteiger partial charge in [0, 0.05) is 25.4 Å². The second-order valence-electron chi connectivity index (χ2n) is 3.77. The number of H-pyrrole nitrogens is 1. The molecule has 5 heteroatoms. The zero-order valence-corrected chi connectivity index (χ0v) is 9.60. The Hall–Kier alpha value is -1.83. The highest BCUT2D eigenvalue weighted by molar-refractivity contribution is 5.80. The lowest BCUT2D eigenvalue weighted by molar-refractivity contribution is -0.133. The smallest absolute Gasteiger partial charge is 0.239 e. The molecule has 0 aliphatic heterocycles. The van der Waals surface area contributed by atoms with Crippen LogP contribution >= 0.6 is 0 Å². The second-order valence-corrected chi connectivity index (χ2v) is 3.77. The normalized spacial score (nSPS) is 11.8. The highest BCUT2D eigenvalue weighted by Gasteiger charge is 2.20. The zero-order valence-electron chi connectivity index (χ0n) is 9.60. The van der Waals surface area contributed by atoms with E-state index in [1.54, 1.807) is 24.3 Å². The van der Waals surface area contributed by atoms with Crippen molar-refractivity contribution in [3.8, 4) is 6.07 Å². The molecule has 16 heavy (non-hydrogen) atoms. The number of nitrogens with one attached hydrogen (secondary N) is 1. The van der Waals surface area contributed by atoms with E-state index in [0.717, 1.165) is 12.0 Å². The second kappa shape index (κ2) is 5.91. The van der Waals surface area contributed by atoms with Crippen molar-refractivity contribution in [2.24, 2.45) is 5.92 Å². The molecular formula is C11H16N4O. The summed E-state index contributed by atoms with van der Waals surface area (Å²) in [5, 5.41) is 15.4. The molecule has 0 aliphatic rings. The molecular weight excluding hydrogens is 204 g/mol. The molecule has 1 N–H and O–H groups in total. The van der Waals surface area contributed by atoms with Crippen molar-refractivity contribution in [2.45, 2.75) is 26.3 Å². The molecule has 1 aromatic heterocycles. The van der Waals surface area contributed by atoms with Crippen molar-refractivity contribution >= 4 is 5.91 Å². The van der Waals surface area contributed by atoms with Crippen molar-refractivity contribution in [1.82, 2.24) is 15.1 Å². The van der Waals surface area contributed by atoms with Gasteiger partial charge in [0.05, 0.1) is 12.3 Å². The van der Waals surface area contributed by atoms with Crippen molar-refractivity contribution < 1.29 is 4.79 Å². The third-order valence-electron chi connectivity index (χ3n) is 2.38. The molecule has 5 nitrogen and oxygen atoms in total. The van der Waals surface area contributed by atoms with Crippen molar-refractivity contribution in [1.29, 1.82) is 5.26 Å². The fourth-order valence-corrected chi connectivity index (χ4v) is 1.51. The number of rotatable bonds is 5. The molecule has 1 heterocycles. The van der Waals surface area contributed by atoms with Gasteiger partial charge in [-0.25, -0.2) is 0 Å². The van der Waals surface area contributed by atoms with E-state index in [0.29, 0.717) is 13.0 Å². The molecule has 0 spiro atoms. The van der Waals surface area contributed by atoms with Crippen molar-refractivity contribution in [2.75, 3.05) is 7.05 Å². The number of nitrogens with zero attached hydrogens (tertiary/aromatic N) is 3. The number of aromatic amines is 1. The summed E-state index contributed by atoms with van der Waals surface area (Å²) in [6.45, 7) is 2.45. The summed E-state index contributed by atoms with van der Waals surface area (Å²) in [5.74, 6) is -0.646. The van der Waals surface area contributed by atoms with Crippen molar-refractivity contribution in [3.05, 3.63) is 18.0 Å². The van der Waals surface area contributed by atoms with Gasteiger partial charge in [-0.05, 0) is 6.42 Å². The molecule has 0 radical (unpaired) electrons. The van der Waals surface area contributed by atoms with E-state index in [-0.39, 0.29) is 5.91 Å². The van der Waals surface area contributed by atoms with Gasteiger partial charge in [0.25, 0.3) is 0 Å². The number of aromatic nitrogens is 2. The van der Waals surface area contributed by atoms with E-state index in [9.17, 15) is 4.79 Å². The first-order valence-corrected chi connectivity index (χ1v) is 5.31. The van der Waals surface area contributed by atoms with Gasteiger partial charge >= 0.3 is 0 Å². The van der Waals surface area contributed by atoms with Gasteiger partial charge < -0.3 is 4.90 Å². The van der Waals surface area contributed by atoms with Crippen LogP contribution in [0.25, 0.3) is 0 Å². The molecule has 1 aromatic rings. The van der Waals surface area contributed by atoms with Crippen LogP contribution in [-0.4, -0.2) is 28.1 Å². The Labute approximate surface area is 95.1 Å². The number of hydrogen-bond acceptors (Lipinski definition) is 3. The molecule has 1 amide bonds. The number of amides is 1. The molecule has 1 unspecified atom stereocenters. The standard InChI is InChI=1S/C11H16N4O/c1-3-4-10(5-12)11(16)15(2)8-9-6-13-14-7-9/h6-7,10H,3-4,8H2,1-2H3,(H,13,14). The van der Waals surface area contributed by atoms with Crippen LogP contribution in [0.1, 0.15) is 25.3 Å². The number of carbonyl (C=O) groups excluding carboxylic acids is 1. The van der Waals surface area contributed by atoms with E-state index in [4.69, 9.17) is 5.26 Å². The summed E-state index contributed by atoms with van der Waals surface area (Å²) >= 11 is 0. The molecule has 0 fully saturated rings. The highest BCUT2D eigenvalue weighted by atomic mass is 16.2. The van der Waals surface area contributed by atoms with E-state index < -0.39 is 5.92 Å². The average Bonchev–Trinajstić information content (AvgIpc) is 2.77. The molecule has 0 saturated heterocycles. The predicted molar refractivity (Wildman–Crippen MR) is 59.1 cm³/mol. The number of hydrogen-bond donors (Lipinski definition) is 1. The first-order valence-electron chi connectivity index (χ1n) is 5.31. The number of carbonyl (C=O) groups is 1. The van der Waals surface area contributed by atoms with Gasteiger partial charge in [-0.2, -0.15) is 10.4 Å². The van der Waals surface area contributed by atoms with Gasteiger partial charge in [0.2, 0.25) is 5.91 Å². The summed E-state index contributed by atoms with van der Waals surface area (Å²) in [5.41, 5.74) is 0.934. The Morgan fingerprint density at radius 1 is 1.75 bits per heavy atom. The van der Waals surface area contributed by atoms with Crippen LogP contribution in [0.2, 0.25) is 0 Å². The van der Waals surface area contributed by atoms with E-state index in [2.05, 4.69) is 10.2 Å². The highest BCUT2D eigenvalue weighted by Crippen LogP contribution is 2.10. The Balaban J connectivity index is 2.56. The van der Waals surface area contributed by atoms with E-state index >= 15 is 0 Å². The van der Waals surface area contributed by atoms with Crippen LogP contribution in [0, 0.1) is 17.2 Å². The van der Waals surface area contributed by atoms with Crippen molar-refractivity contribution in [3.63, 3.8) is 0 Å². The maximum Gasteiger partial charge on any atom is 0.239 e. The van der Waals surface area contributed by atoms with E-state index in [1.165, 1.54) is 0 Å². The summed E-state index contributed by atoms with van der Waals surface area (Å²) < 4.78 is 0. The predicted octanol–water partition coefficient (Wildman–Crippen LogP) is 1.31. The van der Waals surface area contributed by atoms with Crippen LogP contribution in [0.4, 0.5) is 0 Å². The summed E-state index contributed by atoms with van der Waals surface area (Å²) in [6, 6.07) is 2.05. The fourth-order valence-electron chi connectivity index (χ4n) is 1.51. The Morgan fingerprint density at radius 3 is 3.00 bits per heavy atom. The minimum absolute atomic E-state index is 0.120. The van der Waals surface area contributed by atoms with Crippen LogP contribution in [0.5, 0.6) is 0 Å². The first kappa shape index (κ1) is 12.2. The van der Waals surface area contributed by atoms with E-state index in [1.807, 2.05) is 13.0 Å². The topological polar surface area (TPSA) is 72.8 Å². The van der Waals surface area contributed by atoms with Crippen LogP contribution in [-0.2, 0) is 11.3 Å². The third kappa shape index (κ3) is 3.09. The molecule has 0 aliphatic carbocycles. The molecule has 1 atom stereocenters. The van der Waals surface area contributed by atoms with Crippen LogP contribution in [0.3, 0.4) is 0 Å².